The third-order valence-electron chi connectivity index (χ3n) is 3.03. The molecule has 1 amide bonds. The molecule has 17 heavy (non-hydrogen) atoms. The molecule has 0 aliphatic carbocycles. The molecule has 0 radical (unpaired) electrons. The molecular formula is C13H17FN2O. The minimum atomic E-state index is -1.35. The quantitative estimate of drug-likeness (QED) is 0.844. The number of anilines is 1. The van der Waals surface area contributed by atoms with Crippen LogP contribution in [0.25, 0.3) is 0 Å². The predicted molar refractivity (Wildman–Crippen MR) is 65.6 cm³/mol. The molecule has 2 rings (SSSR count). The Kier molecular flexibility index (Phi) is 2.70. The van der Waals surface area contributed by atoms with Gasteiger partial charge in [0.15, 0.2) is 0 Å². The van der Waals surface area contributed by atoms with E-state index < -0.39 is 11.2 Å². The first-order valence-electron chi connectivity index (χ1n) is 5.68. The van der Waals surface area contributed by atoms with E-state index in [1.807, 2.05) is 24.3 Å². The average Bonchev–Trinajstić information content (AvgIpc) is 2.49. The number of halogens is 1. The third-order valence-corrected chi connectivity index (χ3v) is 3.03. The van der Waals surface area contributed by atoms with Crippen molar-refractivity contribution in [3.8, 4) is 0 Å². The Bertz CT molecular complexity index is 453. The second-order valence-electron chi connectivity index (χ2n) is 5.20. The number of hydrogen-bond donors (Lipinski definition) is 2. The Hall–Kier alpha value is -1.42. The topological polar surface area (TPSA) is 41.1 Å². The van der Waals surface area contributed by atoms with E-state index in [1.54, 1.807) is 6.92 Å². The Labute approximate surface area is 100 Å². The van der Waals surface area contributed by atoms with Crippen LogP contribution >= 0.6 is 0 Å². The Balaban J connectivity index is 2.28. The number of carbonyl (C=O) groups excluding carboxylic acids is 1. The summed E-state index contributed by atoms with van der Waals surface area (Å²) in [4.78, 5) is 12.0. The van der Waals surface area contributed by atoms with Crippen LogP contribution in [0.5, 0.6) is 0 Å². The van der Waals surface area contributed by atoms with Gasteiger partial charge >= 0.3 is 0 Å². The van der Waals surface area contributed by atoms with E-state index in [0.29, 0.717) is 0 Å². The fourth-order valence-corrected chi connectivity index (χ4v) is 1.96. The van der Waals surface area contributed by atoms with Crippen LogP contribution in [0.2, 0.25) is 0 Å². The van der Waals surface area contributed by atoms with Crippen molar-refractivity contribution in [3.05, 3.63) is 29.8 Å². The third kappa shape index (κ3) is 2.17. The van der Waals surface area contributed by atoms with Crippen LogP contribution in [0.15, 0.2) is 24.3 Å². The van der Waals surface area contributed by atoms with Crippen molar-refractivity contribution in [1.82, 2.24) is 5.32 Å². The molecule has 1 atom stereocenters. The summed E-state index contributed by atoms with van der Waals surface area (Å²) < 4.78 is 13.5. The molecule has 1 heterocycles. The number of para-hydroxylation sites is 1. The lowest BCUT2D eigenvalue weighted by molar-refractivity contribution is -0.121. The van der Waals surface area contributed by atoms with Crippen LogP contribution in [-0.4, -0.2) is 18.1 Å². The minimum Gasteiger partial charge on any atom is -0.324 e. The molecular weight excluding hydrogens is 219 g/mol. The monoisotopic (exact) mass is 236 g/mol. The number of benzene rings is 1. The number of amides is 1. The Morgan fingerprint density at radius 2 is 2.06 bits per heavy atom. The van der Waals surface area contributed by atoms with Crippen molar-refractivity contribution in [2.24, 2.45) is 0 Å². The summed E-state index contributed by atoms with van der Waals surface area (Å²) in [6.45, 7) is 4.88. The van der Waals surface area contributed by atoms with E-state index in [2.05, 4.69) is 10.6 Å². The Morgan fingerprint density at radius 1 is 1.41 bits per heavy atom. The zero-order chi connectivity index (χ0) is 12.7. The second kappa shape index (κ2) is 3.81. The summed E-state index contributed by atoms with van der Waals surface area (Å²) in [6.07, 6.45) is 0. The van der Waals surface area contributed by atoms with Gasteiger partial charge in [0.05, 0.1) is 0 Å². The molecule has 0 fully saturated rings. The molecule has 1 aliphatic heterocycles. The van der Waals surface area contributed by atoms with Crippen LogP contribution in [0.4, 0.5) is 10.1 Å². The van der Waals surface area contributed by atoms with Gasteiger partial charge in [0.1, 0.15) is 11.2 Å². The molecule has 0 aromatic heterocycles. The van der Waals surface area contributed by atoms with Crippen molar-refractivity contribution in [3.63, 3.8) is 0 Å². The number of nitrogens with one attached hydrogen (secondary N) is 2. The SMILES string of the molecule is CC(C)(F)CNC1(C)C(=O)Nc2ccccc21. The lowest BCUT2D eigenvalue weighted by atomic mass is 9.93. The van der Waals surface area contributed by atoms with E-state index >= 15 is 0 Å². The second-order valence-corrected chi connectivity index (χ2v) is 5.20. The molecule has 0 saturated heterocycles. The molecule has 0 spiro atoms. The largest absolute Gasteiger partial charge is 0.324 e. The van der Waals surface area contributed by atoms with Crippen molar-refractivity contribution < 1.29 is 9.18 Å². The first-order valence-corrected chi connectivity index (χ1v) is 5.68. The van der Waals surface area contributed by atoms with E-state index in [0.717, 1.165) is 11.3 Å². The molecule has 2 N–H and O–H groups in total. The summed E-state index contributed by atoms with van der Waals surface area (Å²) in [5, 5.41) is 5.82. The van der Waals surface area contributed by atoms with Crippen molar-refractivity contribution >= 4 is 11.6 Å². The van der Waals surface area contributed by atoms with Gasteiger partial charge in [-0.25, -0.2) is 4.39 Å². The van der Waals surface area contributed by atoms with Gasteiger partial charge in [-0.05, 0) is 26.8 Å². The first kappa shape index (κ1) is 12.0. The highest BCUT2D eigenvalue weighted by Crippen LogP contribution is 2.35. The van der Waals surface area contributed by atoms with Crippen LogP contribution in [0, 0.1) is 0 Å². The fourth-order valence-electron chi connectivity index (χ4n) is 1.96. The van der Waals surface area contributed by atoms with Gasteiger partial charge in [-0.1, -0.05) is 18.2 Å². The molecule has 1 aromatic rings. The highest BCUT2D eigenvalue weighted by molar-refractivity contribution is 6.05. The van der Waals surface area contributed by atoms with Gasteiger partial charge in [-0.3, -0.25) is 10.1 Å². The van der Waals surface area contributed by atoms with Gasteiger partial charge in [-0.15, -0.1) is 0 Å². The van der Waals surface area contributed by atoms with Crippen LogP contribution < -0.4 is 10.6 Å². The summed E-state index contributed by atoms with van der Waals surface area (Å²) in [7, 11) is 0. The van der Waals surface area contributed by atoms with Crippen molar-refractivity contribution in [1.29, 1.82) is 0 Å². The van der Waals surface area contributed by atoms with Crippen molar-refractivity contribution in [2.75, 3.05) is 11.9 Å². The maximum Gasteiger partial charge on any atom is 0.249 e. The molecule has 1 aliphatic rings. The zero-order valence-electron chi connectivity index (χ0n) is 10.3. The maximum atomic E-state index is 13.5. The molecule has 92 valence electrons. The van der Waals surface area contributed by atoms with Gasteiger partial charge in [-0.2, -0.15) is 0 Å². The highest BCUT2D eigenvalue weighted by atomic mass is 19.1. The fraction of sp³-hybridized carbons (Fsp3) is 0.462. The normalized spacial score (nSPS) is 23.4. The van der Waals surface area contributed by atoms with Crippen LogP contribution in [0.1, 0.15) is 26.3 Å². The lowest BCUT2D eigenvalue weighted by Gasteiger charge is -2.27. The van der Waals surface area contributed by atoms with Gasteiger partial charge in [0.2, 0.25) is 5.91 Å². The van der Waals surface area contributed by atoms with Gasteiger partial charge in [0, 0.05) is 17.8 Å². The highest BCUT2D eigenvalue weighted by Gasteiger charge is 2.42. The van der Waals surface area contributed by atoms with E-state index in [1.165, 1.54) is 13.8 Å². The first-order chi connectivity index (χ1) is 7.83. The van der Waals surface area contributed by atoms with E-state index in [-0.39, 0.29) is 12.5 Å². The van der Waals surface area contributed by atoms with Gasteiger partial charge < -0.3 is 5.32 Å². The predicted octanol–water partition coefficient (Wildman–Crippen LogP) is 2.19. The molecule has 0 saturated carbocycles. The number of carbonyl (C=O) groups is 1. The number of rotatable bonds is 3. The summed E-state index contributed by atoms with van der Waals surface area (Å²) in [5.74, 6) is -0.136. The van der Waals surface area contributed by atoms with Crippen LogP contribution in [0.3, 0.4) is 0 Å². The van der Waals surface area contributed by atoms with Crippen LogP contribution in [-0.2, 0) is 10.3 Å². The van der Waals surface area contributed by atoms with Gasteiger partial charge in [0.25, 0.3) is 0 Å². The maximum absolute atomic E-state index is 13.5. The Morgan fingerprint density at radius 3 is 2.71 bits per heavy atom. The standard InChI is InChI=1S/C13H17FN2O/c1-12(2,14)8-15-13(3)9-6-4-5-7-10(9)16-11(13)17/h4-7,15H,8H2,1-3H3,(H,16,17). The lowest BCUT2D eigenvalue weighted by Crippen LogP contribution is -2.49. The molecule has 0 bridgehead atoms. The number of hydrogen-bond acceptors (Lipinski definition) is 2. The minimum absolute atomic E-state index is 0.130. The summed E-state index contributed by atoms with van der Waals surface area (Å²) in [5.41, 5.74) is -0.528. The molecule has 1 aromatic carbocycles. The van der Waals surface area contributed by atoms with E-state index in [4.69, 9.17) is 0 Å². The molecule has 1 unspecified atom stereocenters. The van der Waals surface area contributed by atoms with Crippen molar-refractivity contribution in [2.45, 2.75) is 32.0 Å². The number of alkyl halides is 1. The number of fused-ring (bicyclic) bond motifs is 1. The summed E-state index contributed by atoms with van der Waals surface area (Å²) >= 11 is 0. The smallest absolute Gasteiger partial charge is 0.249 e. The summed E-state index contributed by atoms with van der Waals surface area (Å²) in [6, 6.07) is 7.47. The zero-order valence-corrected chi connectivity index (χ0v) is 10.3. The molecule has 4 heteroatoms. The molecule has 3 nitrogen and oxygen atoms in total. The van der Waals surface area contributed by atoms with E-state index in [9.17, 15) is 9.18 Å². The average molecular weight is 236 g/mol.